The Balaban J connectivity index is 0.000000228. The van der Waals surface area contributed by atoms with Gasteiger partial charge in [0.2, 0.25) is 0 Å². The highest BCUT2D eigenvalue weighted by atomic mass is 16.6. The Morgan fingerprint density at radius 3 is 0.721 bits per heavy atom. The topological polar surface area (TPSA) is 345 Å². The van der Waals surface area contributed by atoms with Crippen molar-refractivity contribution in [1.29, 1.82) is 0 Å². The summed E-state index contributed by atoms with van der Waals surface area (Å²) in [6.45, 7) is 25.5. The van der Waals surface area contributed by atoms with E-state index in [2.05, 4.69) is 23.7 Å². The standard InChI is InChI=1S/2C19H23NO4.4C18H21NO4/c1-14(15-9-6-5-7-10-15)20-12-8-11-16(20)17(21)24-13-19(2,3)18(22)23-4;1-14(15-9-6-5-7-10-15)20-12-8-11-16(20)18(22)24-19(2,3)13-17(21)23-4;2*1-13(17(20)22-3)12-23-18(21)16-10-7-11-19(16)14(2)15-8-5-4-6-9-15;2*1-13(12-17(20)22-3)23-18(21)16-10-7-11-19(16)14(2)15-8-5-4-6-9-15/h2*5-12,14H,13H2,1-4H3;4*4-11,13-14H,12H2,1-3H3/t2*14-;13-,14+;13-,14-;13-,14+;13-,14-/m110101/s1. The number of carbonyl (C=O) groups excluding carboxylic acids is 12. The third-order valence-corrected chi connectivity index (χ3v) is 22.7. The minimum atomic E-state index is -0.935. The number of carbonyl (C=O) groups is 12. The number of nitrogens with zero attached hydrogens (tertiary/aromatic N) is 6. The Bertz CT molecular complexity index is 5680. The van der Waals surface area contributed by atoms with Gasteiger partial charge < -0.3 is 84.2 Å². The van der Waals surface area contributed by atoms with E-state index in [-0.39, 0.29) is 75.3 Å². The Hall–Kier alpha value is -15.4. The van der Waals surface area contributed by atoms with Crippen molar-refractivity contribution < 1.29 is 114 Å². The Labute approximate surface area is 818 Å². The predicted molar refractivity (Wildman–Crippen MR) is 526 cm³/mol. The van der Waals surface area contributed by atoms with Crippen molar-refractivity contribution in [1.82, 2.24) is 27.4 Å². The van der Waals surface area contributed by atoms with Crippen LogP contribution in [0.1, 0.15) is 249 Å². The van der Waals surface area contributed by atoms with Crippen molar-refractivity contribution in [3.63, 3.8) is 0 Å². The summed E-state index contributed by atoms with van der Waals surface area (Å²) < 4.78 is 70.9. The largest absolute Gasteiger partial charge is 0.469 e. The molecule has 30 heteroatoms. The van der Waals surface area contributed by atoms with Gasteiger partial charge in [0.25, 0.3) is 0 Å². The quantitative estimate of drug-likeness (QED) is 0.0260. The second-order valence-electron chi connectivity index (χ2n) is 34.2. The molecule has 140 heavy (non-hydrogen) atoms. The Morgan fingerprint density at radius 1 is 0.264 bits per heavy atom. The maximum Gasteiger partial charge on any atom is 0.355 e. The molecule has 6 aromatic carbocycles. The normalized spacial score (nSPS) is 12.9. The molecule has 0 aliphatic rings. The molecular weight excluding hydrogens is 1790 g/mol. The summed E-state index contributed by atoms with van der Waals surface area (Å²) in [5.74, 6) is -6.13. The summed E-state index contributed by atoms with van der Waals surface area (Å²) in [5.41, 5.74) is 7.49. The first-order valence-electron chi connectivity index (χ1n) is 45.8. The number of methoxy groups -OCH3 is 6. The smallest absolute Gasteiger partial charge is 0.355 e. The van der Waals surface area contributed by atoms with Crippen LogP contribution in [0.25, 0.3) is 0 Å². The first-order valence-corrected chi connectivity index (χ1v) is 45.8. The number of rotatable bonds is 36. The number of hydrogen-bond acceptors (Lipinski definition) is 24. The molecule has 0 amide bonds. The van der Waals surface area contributed by atoms with Crippen molar-refractivity contribution in [2.75, 3.05) is 62.5 Å². The van der Waals surface area contributed by atoms with Crippen molar-refractivity contribution in [2.45, 2.75) is 170 Å². The van der Waals surface area contributed by atoms with Gasteiger partial charge in [-0.1, -0.05) is 182 Å². The maximum absolute atomic E-state index is 12.6. The van der Waals surface area contributed by atoms with Crippen molar-refractivity contribution in [3.05, 3.63) is 360 Å². The fourth-order valence-corrected chi connectivity index (χ4v) is 14.5. The van der Waals surface area contributed by atoms with E-state index in [0.717, 1.165) is 33.4 Å². The molecule has 30 nitrogen and oxygen atoms in total. The number of esters is 12. The molecule has 0 saturated heterocycles. The molecule has 12 aromatic rings. The van der Waals surface area contributed by atoms with Crippen molar-refractivity contribution in [3.8, 4) is 0 Å². The SMILES string of the molecule is COC(=O)C(C)(C)COC(=O)c1cccn1[C@H](C)c1ccccc1.COC(=O)CC(C)(C)OC(=O)c1cccn1[C@H](C)c1ccccc1.COC(=O)C[C@@H](C)OC(=O)c1cccn1[C@H](C)c1ccccc1.COC(=O)C[C@H](C)OC(=O)c1cccn1[C@H](C)c1ccccc1.COC(=O)[C@@H](C)COC(=O)c1cccn1[C@H](C)c1ccccc1.COC(=O)[C@H](C)COC(=O)c1cccn1[C@H](C)c1ccccc1. The summed E-state index contributed by atoms with van der Waals surface area (Å²) in [4.78, 5) is 143. The van der Waals surface area contributed by atoms with Crippen molar-refractivity contribution in [2.24, 2.45) is 17.3 Å². The molecule has 0 N–H and O–H groups in total. The lowest BCUT2D eigenvalue weighted by Crippen LogP contribution is -2.32. The third kappa shape index (κ3) is 33.5. The summed E-state index contributed by atoms with van der Waals surface area (Å²) in [6.07, 6.45) is 10.1. The molecule has 12 rings (SSSR count). The van der Waals surface area contributed by atoms with Gasteiger partial charge in [-0.15, -0.1) is 0 Å². The van der Waals surface area contributed by atoms with E-state index in [1.165, 1.54) is 42.7 Å². The van der Waals surface area contributed by atoms with Crippen LogP contribution >= 0.6 is 0 Å². The minimum Gasteiger partial charge on any atom is -0.469 e. The average Bonchev–Trinajstić information content (AvgIpc) is 1.76. The van der Waals surface area contributed by atoms with Crippen LogP contribution in [0.2, 0.25) is 0 Å². The van der Waals surface area contributed by atoms with Gasteiger partial charge >= 0.3 is 71.6 Å². The van der Waals surface area contributed by atoms with Gasteiger partial charge in [0.1, 0.15) is 71.8 Å². The molecule has 0 aliphatic heterocycles. The molecule has 744 valence electrons. The zero-order chi connectivity index (χ0) is 103. The Kier molecular flexibility index (Phi) is 44.5. The highest BCUT2D eigenvalue weighted by Crippen LogP contribution is 2.30. The van der Waals surface area contributed by atoms with Gasteiger partial charge in [0.15, 0.2) is 0 Å². The molecular formula is C110H130N6O24. The van der Waals surface area contributed by atoms with E-state index >= 15 is 0 Å². The van der Waals surface area contributed by atoms with Crippen LogP contribution < -0.4 is 0 Å². The summed E-state index contributed by atoms with van der Waals surface area (Å²) in [6, 6.07) is 80.6. The van der Waals surface area contributed by atoms with Crippen LogP contribution in [0, 0.1) is 17.3 Å². The average molecular weight is 1920 g/mol. The van der Waals surface area contributed by atoms with Gasteiger partial charge in [-0.3, -0.25) is 28.8 Å². The Morgan fingerprint density at radius 2 is 0.493 bits per heavy atom. The third-order valence-electron chi connectivity index (χ3n) is 22.7. The van der Waals surface area contributed by atoms with Crippen LogP contribution in [0.5, 0.6) is 0 Å². The molecule has 0 aliphatic carbocycles. The molecule has 0 bridgehead atoms. The minimum absolute atomic E-state index is 0.00244. The first kappa shape index (κ1) is 112. The highest BCUT2D eigenvalue weighted by molar-refractivity contribution is 5.91. The van der Waals surface area contributed by atoms with Crippen LogP contribution in [-0.2, 0) is 85.6 Å². The van der Waals surface area contributed by atoms with E-state index in [0.29, 0.717) is 34.2 Å². The molecule has 6 heterocycles. The zero-order valence-electron chi connectivity index (χ0n) is 83.2. The monoisotopic (exact) mass is 1920 g/mol. The predicted octanol–water partition coefficient (Wildman–Crippen LogP) is 19.6. The van der Waals surface area contributed by atoms with Crippen LogP contribution in [-0.4, -0.2) is 179 Å². The second kappa shape index (κ2) is 55.7. The van der Waals surface area contributed by atoms with Crippen molar-refractivity contribution >= 4 is 71.6 Å². The second-order valence-corrected chi connectivity index (χ2v) is 34.2. The fourth-order valence-electron chi connectivity index (χ4n) is 14.5. The van der Waals surface area contributed by atoms with Gasteiger partial charge in [-0.25, -0.2) is 28.8 Å². The summed E-state index contributed by atoms with van der Waals surface area (Å²) in [5, 5.41) is 0. The number of ether oxygens (including phenoxy) is 12. The van der Waals surface area contributed by atoms with Crippen LogP contribution in [0.4, 0.5) is 0 Å². The maximum atomic E-state index is 12.6. The van der Waals surface area contributed by atoms with Gasteiger partial charge in [0.05, 0.1) is 115 Å². The molecule has 0 saturated carbocycles. The molecule has 6 aromatic heterocycles. The van der Waals surface area contributed by atoms with Crippen LogP contribution in [0.3, 0.4) is 0 Å². The van der Waals surface area contributed by atoms with E-state index < -0.39 is 107 Å². The van der Waals surface area contributed by atoms with Crippen LogP contribution in [0.15, 0.2) is 292 Å². The van der Waals surface area contributed by atoms with Gasteiger partial charge in [-0.05, 0) is 203 Å². The van der Waals surface area contributed by atoms with E-state index in [4.69, 9.17) is 33.2 Å². The first-order chi connectivity index (χ1) is 66.8. The lowest BCUT2D eigenvalue weighted by atomic mass is 9.95. The molecule has 0 fully saturated rings. The lowest BCUT2D eigenvalue weighted by molar-refractivity contribution is -0.153. The van der Waals surface area contributed by atoms with E-state index in [9.17, 15) is 57.5 Å². The van der Waals surface area contributed by atoms with Gasteiger partial charge in [0, 0.05) is 37.2 Å². The zero-order valence-corrected chi connectivity index (χ0v) is 83.2. The number of aromatic nitrogens is 6. The molecule has 10 atom stereocenters. The summed E-state index contributed by atoms with van der Waals surface area (Å²) in [7, 11) is 7.87. The summed E-state index contributed by atoms with van der Waals surface area (Å²) >= 11 is 0. The number of benzene rings is 6. The fraction of sp³-hybridized carbons (Fsp3) is 0.345. The lowest BCUT2D eigenvalue weighted by Gasteiger charge is -2.25. The van der Waals surface area contributed by atoms with E-state index in [1.54, 1.807) is 116 Å². The molecule has 0 radical (unpaired) electrons. The molecule has 0 unspecified atom stereocenters. The molecule has 0 spiro atoms. The highest BCUT2D eigenvalue weighted by Gasteiger charge is 2.34. The van der Waals surface area contributed by atoms with E-state index in [1.807, 2.05) is 300 Å². The number of hydrogen-bond donors (Lipinski definition) is 0. The van der Waals surface area contributed by atoms with Gasteiger partial charge in [-0.2, -0.15) is 0 Å².